The average molecular weight is 476 g/mol. The SMILES string of the molecule is Cc1cc(NCc2ccc(-c3ccccc3C(=O)O)cc2)c2c(S(=O)(=O)N(C)C)cccc2n1. The number of pyridine rings is 1. The number of benzene rings is 3. The molecule has 1 heterocycles. The number of carboxylic acid groups (broad SMARTS) is 1. The van der Waals surface area contributed by atoms with E-state index in [2.05, 4.69) is 10.3 Å². The summed E-state index contributed by atoms with van der Waals surface area (Å²) in [5, 5.41) is 13.4. The molecule has 7 nitrogen and oxygen atoms in total. The molecule has 0 fully saturated rings. The second-order valence-corrected chi connectivity index (χ2v) is 10.3. The van der Waals surface area contributed by atoms with E-state index in [1.807, 2.05) is 43.3 Å². The maximum atomic E-state index is 12.9. The van der Waals surface area contributed by atoms with Crippen LogP contribution in [-0.2, 0) is 16.6 Å². The van der Waals surface area contributed by atoms with E-state index in [0.29, 0.717) is 28.7 Å². The zero-order chi connectivity index (χ0) is 24.5. The van der Waals surface area contributed by atoms with Gasteiger partial charge in [0.2, 0.25) is 10.0 Å². The third kappa shape index (κ3) is 4.50. The van der Waals surface area contributed by atoms with Crippen molar-refractivity contribution in [3.63, 3.8) is 0 Å². The van der Waals surface area contributed by atoms with E-state index in [0.717, 1.165) is 16.8 Å². The van der Waals surface area contributed by atoms with Gasteiger partial charge in [0.15, 0.2) is 0 Å². The number of carboxylic acids is 1. The Bertz CT molecular complexity index is 1480. The van der Waals surface area contributed by atoms with Crippen LogP contribution in [0.25, 0.3) is 22.0 Å². The van der Waals surface area contributed by atoms with Gasteiger partial charge in [0.05, 0.1) is 16.0 Å². The monoisotopic (exact) mass is 475 g/mol. The molecule has 34 heavy (non-hydrogen) atoms. The topological polar surface area (TPSA) is 99.6 Å². The first kappa shape index (κ1) is 23.4. The van der Waals surface area contributed by atoms with Gasteiger partial charge in [-0.3, -0.25) is 4.98 Å². The van der Waals surface area contributed by atoms with Crippen LogP contribution in [0.4, 0.5) is 5.69 Å². The highest BCUT2D eigenvalue weighted by Crippen LogP contribution is 2.31. The summed E-state index contributed by atoms with van der Waals surface area (Å²) in [6.07, 6.45) is 0. The molecule has 1 aromatic heterocycles. The fourth-order valence-corrected chi connectivity index (χ4v) is 4.98. The third-order valence-corrected chi connectivity index (χ3v) is 7.45. The Balaban J connectivity index is 1.67. The Morgan fingerprint density at radius 1 is 1.00 bits per heavy atom. The first-order valence-electron chi connectivity index (χ1n) is 10.7. The van der Waals surface area contributed by atoms with Crippen molar-refractivity contribution in [3.8, 4) is 11.1 Å². The highest BCUT2D eigenvalue weighted by molar-refractivity contribution is 7.89. The Hall–Kier alpha value is -3.75. The lowest BCUT2D eigenvalue weighted by atomic mass is 9.99. The first-order valence-corrected chi connectivity index (χ1v) is 12.1. The molecule has 0 bridgehead atoms. The van der Waals surface area contributed by atoms with Crippen molar-refractivity contribution >= 4 is 32.6 Å². The van der Waals surface area contributed by atoms with Gasteiger partial charge in [0.25, 0.3) is 0 Å². The van der Waals surface area contributed by atoms with E-state index in [9.17, 15) is 18.3 Å². The summed E-state index contributed by atoms with van der Waals surface area (Å²) in [6, 6.07) is 21.4. The van der Waals surface area contributed by atoms with Crippen LogP contribution in [0.15, 0.2) is 77.7 Å². The minimum absolute atomic E-state index is 0.200. The predicted octanol–water partition coefficient (Wildman–Crippen LogP) is 4.77. The Morgan fingerprint density at radius 3 is 2.38 bits per heavy atom. The van der Waals surface area contributed by atoms with Gasteiger partial charge in [-0.15, -0.1) is 0 Å². The van der Waals surface area contributed by atoms with E-state index in [-0.39, 0.29) is 10.5 Å². The van der Waals surface area contributed by atoms with Gasteiger partial charge < -0.3 is 10.4 Å². The molecule has 0 aliphatic rings. The summed E-state index contributed by atoms with van der Waals surface area (Å²) in [5.74, 6) is -0.968. The number of fused-ring (bicyclic) bond motifs is 1. The van der Waals surface area contributed by atoms with Crippen molar-refractivity contribution in [2.24, 2.45) is 0 Å². The quantitative estimate of drug-likeness (QED) is 0.399. The Kier molecular flexibility index (Phi) is 6.37. The number of nitrogens with zero attached hydrogens (tertiary/aromatic N) is 2. The van der Waals surface area contributed by atoms with Crippen LogP contribution in [0.2, 0.25) is 0 Å². The highest BCUT2D eigenvalue weighted by Gasteiger charge is 2.22. The zero-order valence-electron chi connectivity index (χ0n) is 19.1. The van der Waals surface area contributed by atoms with E-state index >= 15 is 0 Å². The van der Waals surface area contributed by atoms with Crippen molar-refractivity contribution in [3.05, 3.63) is 89.6 Å². The van der Waals surface area contributed by atoms with Gasteiger partial charge in [-0.2, -0.15) is 0 Å². The lowest BCUT2D eigenvalue weighted by molar-refractivity contribution is 0.0697. The van der Waals surface area contributed by atoms with Crippen LogP contribution in [0.3, 0.4) is 0 Å². The number of aromatic nitrogens is 1. The second-order valence-electron chi connectivity index (χ2n) is 8.15. The molecule has 0 amide bonds. The smallest absolute Gasteiger partial charge is 0.336 e. The van der Waals surface area contributed by atoms with Crippen LogP contribution >= 0.6 is 0 Å². The van der Waals surface area contributed by atoms with Crippen molar-refractivity contribution in [2.75, 3.05) is 19.4 Å². The van der Waals surface area contributed by atoms with Crippen LogP contribution in [0.5, 0.6) is 0 Å². The fourth-order valence-electron chi connectivity index (χ4n) is 3.86. The molecule has 2 N–H and O–H groups in total. The lowest BCUT2D eigenvalue weighted by Crippen LogP contribution is -2.22. The van der Waals surface area contributed by atoms with Crippen molar-refractivity contribution < 1.29 is 18.3 Å². The molecule has 0 radical (unpaired) electrons. The number of sulfonamides is 1. The summed E-state index contributed by atoms with van der Waals surface area (Å²) in [6.45, 7) is 2.32. The van der Waals surface area contributed by atoms with Gasteiger partial charge in [-0.1, -0.05) is 48.5 Å². The van der Waals surface area contributed by atoms with Crippen LogP contribution in [0, 0.1) is 6.92 Å². The van der Waals surface area contributed by atoms with Gasteiger partial charge >= 0.3 is 5.97 Å². The molecule has 0 aliphatic heterocycles. The van der Waals surface area contributed by atoms with E-state index in [1.54, 1.807) is 36.4 Å². The highest BCUT2D eigenvalue weighted by atomic mass is 32.2. The first-order chi connectivity index (χ1) is 16.2. The largest absolute Gasteiger partial charge is 0.478 e. The standard InChI is InChI=1S/C26H25N3O4S/c1-17-15-23(25-22(28-17)9-6-10-24(25)34(32,33)29(2)3)27-16-18-11-13-19(14-12-18)20-7-4-5-8-21(20)26(30)31/h4-15H,16H2,1-3H3,(H,27,28)(H,30,31). The Labute approximate surface area is 198 Å². The molecule has 0 aliphatic carbocycles. The zero-order valence-corrected chi connectivity index (χ0v) is 19.9. The Morgan fingerprint density at radius 2 is 1.71 bits per heavy atom. The minimum atomic E-state index is -3.66. The number of aromatic carboxylic acids is 1. The molecule has 174 valence electrons. The minimum Gasteiger partial charge on any atom is -0.478 e. The fraction of sp³-hybridized carbons (Fsp3) is 0.154. The number of rotatable bonds is 7. The molecule has 0 unspecified atom stereocenters. The maximum Gasteiger partial charge on any atom is 0.336 e. The maximum absolute atomic E-state index is 12.9. The number of carbonyl (C=O) groups is 1. The van der Waals surface area contributed by atoms with E-state index < -0.39 is 16.0 Å². The molecule has 0 spiro atoms. The molecule has 0 saturated carbocycles. The summed E-state index contributed by atoms with van der Waals surface area (Å²) in [4.78, 5) is 16.3. The van der Waals surface area contributed by atoms with Gasteiger partial charge in [0, 0.05) is 37.4 Å². The molecule has 4 aromatic rings. The average Bonchev–Trinajstić information content (AvgIpc) is 2.82. The summed E-state index contributed by atoms with van der Waals surface area (Å²) in [5.41, 5.74) is 4.74. The van der Waals surface area contributed by atoms with E-state index in [4.69, 9.17) is 0 Å². The van der Waals surface area contributed by atoms with Gasteiger partial charge in [0.1, 0.15) is 0 Å². The molecular formula is C26H25N3O4S. The van der Waals surface area contributed by atoms with Crippen molar-refractivity contribution in [1.82, 2.24) is 9.29 Å². The number of hydrogen-bond donors (Lipinski definition) is 2. The van der Waals surface area contributed by atoms with Crippen LogP contribution in [-0.4, -0.2) is 42.9 Å². The van der Waals surface area contributed by atoms with Crippen LogP contribution in [0.1, 0.15) is 21.6 Å². The second kappa shape index (κ2) is 9.24. The summed E-state index contributed by atoms with van der Waals surface area (Å²) >= 11 is 0. The van der Waals surface area contributed by atoms with Gasteiger partial charge in [-0.05, 0) is 47.9 Å². The van der Waals surface area contributed by atoms with Crippen LogP contribution < -0.4 is 5.32 Å². The summed E-state index contributed by atoms with van der Waals surface area (Å²) in [7, 11) is -0.650. The number of nitrogens with one attached hydrogen (secondary N) is 1. The van der Waals surface area contributed by atoms with Crippen molar-refractivity contribution in [2.45, 2.75) is 18.4 Å². The summed E-state index contributed by atoms with van der Waals surface area (Å²) < 4.78 is 27.1. The lowest BCUT2D eigenvalue weighted by Gasteiger charge is -2.17. The number of anilines is 1. The molecule has 3 aromatic carbocycles. The van der Waals surface area contributed by atoms with E-state index in [1.165, 1.54) is 18.4 Å². The normalized spacial score (nSPS) is 11.6. The number of hydrogen-bond acceptors (Lipinski definition) is 5. The molecule has 4 rings (SSSR count). The molecule has 0 atom stereocenters. The molecule has 8 heteroatoms. The predicted molar refractivity (Wildman–Crippen MR) is 134 cm³/mol. The van der Waals surface area contributed by atoms with Gasteiger partial charge in [-0.25, -0.2) is 17.5 Å². The van der Waals surface area contributed by atoms with Crippen molar-refractivity contribution in [1.29, 1.82) is 0 Å². The molecular weight excluding hydrogens is 450 g/mol. The third-order valence-electron chi connectivity index (χ3n) is 5.59. The number of aryl methyl sites for hydroxylation is 1. The molecule has 0 saturated heterocycles.